The maximum atomic E-state index is 11.7. The first kappa shape index (κ1) is 10.2. The minimum Gasteiger partial charge on any atom is -0.338 e. The maximum Gasteiger partial charge on any atom is 0.223 e. The molecular weight excluding hydrogens is 186 g/mol. The summed E-state index contributed by atoms with van der Waals surface area (Å²) < 4.78 is 0. The molecule has 1 amide bonds. The molecule has 0 unspecified atom stereocenters. The molecule has 1 aliphatic rings. The Morgan fingerprint density at radius 3 is 2.73 bits per heavy atom. The van der Waals surface area contributed by atoms with Crippen molar-refractivity contribution < 1.29 is 4.79 Å². The molecule has 0 saturated carbocycles. The van der Waals surface area contributed by atoms with Gasteiger partial charge >= 0.3 is 0 Å². The Morgan fingerprint density at radius 2 is 2.07 bits per heavy atom. The molecule has 2 nitrogen and oxygen atoms in total. The van der Waals surface area contributed by atoms with Gasteiger partial charge in [-0.05, 0) is 17.9 Å². The molecule has 0 aromatic heterocycles. The topological polar surface area (TPSA) is 20.3 Å². The lowest BCUT2D eigenvalue weighted by Gasteiger charge is -2.30. The number of rotatable bonds is 2. The van der Waals surface area contributed by atoms with Gasteiger partial charge in [-0.1, -0.05) is 37.3 Å². The second-order valence-electron chi connectivity index (χ2n) is 4.40. The summed E-state index contributed by atoms with van der Waals surface area (Å²) in [5.74, 6) is 0.863. The van der Waals surface area contributed by atoms with E-state index in [0.29, 0.717) is 18.2 Å². The van der Waals surface area contributed by atoms with E-state index in [1.165, 1.54) is 5.56 Å². The molecule has 80 valence electrons. The van der Waals surface area contributed by atoms with E-state index < -0.39 is 0 Å². The number of amides is 1. The highest BCUT2D eigenvalue weighted by Crippen LogP contribution is 2.19. The van der Waals surface area contributed by atoms with Gasteiger partial charge in [-0.15, -0.1) is 0 Å². The SMILES string of the molecule is C[C@H]1CCN(Cc2ccccc2)C(=O)C1. The number of carbonyl (C=O) groups is 1. The van der Waals surface area contributed by atoms with E-state index >= 15 is 0 Å². The molecule has 0 radical (unpaired) electrons. The van der Waals surface area contributed by atoms with Crippen LogP contribution in [0.3, 0.4) is 0 Å². The highest BCUT2D eigenvalue weighted by atomic mass is 16.2. The van der Waals surface area contributed by atoms with E-state index in [9.17, 15) is 4.79 Å². The van der Waals surface area contributed by atoms with Crippen molar-refractivity contribution in [3.8, 4) is 0 Å². The fourth-order valence-corrected chi connectivity index (χ4v) is 2.00. The van der Waals surface area contributed by atoms with Crippen LogP contribution in [0, 0.1) is 5.92 Å². The normalized spacial score (nSPS) is 21.8. The summed E-state index contributed by atoms with van der Waals surface area (Å²) in [6.07, 6.45) is 1.85. The van der Waals surface area contributed by atoms with Gasteiger partial charge in [0.15, 0.2) is 0 Å². The summed E-state index contributed by atoms with van der Waals surface area (Å²) in [7, 11) is 0. The van der Waals surface area contributed by atoms with Crippen molar-refractivity contribution in [3.63, 3.8) is 0 Å². The lowest BCUT2D eigenvalue weighted by atomic mass is 9.98. The Morgan fingerprint density at radius 1 is 1.33 bits per heavy atom. The molecule has 1 fully saturated rings. The van der Waals surface area contributed by atoms with Crippen LogP contribution in [-0.2, 0) is 11.3 Å². The second-order valence-corrected chi connectivity index (χ2v) is 4.40. The van der Waals surface area contributed by atoms with Crippen LogP contribution in [0.2, 0.25) is 0 Å². The molecule has 1 atom stereocenters. The Kier molecular flexibility index (Phi) is 3.05. The lowest BCUT2D eigenvalue weighted by molar-refractivity contribution is -0.135. The van der Waals surface area contributed by atoms with Crippen molar-refractivity contribution in [2.75, 3.05) is 6.54 Å². The minimum atomic E-state index is 0.303. The van der Waals surface area contributed by atoms with Crippen LogP contribution >= 0.6 is 0 Å². The molecule has 0 bridgehead atoms. The first-order valence-electron chi connectivity index (χ1n) is 5.57. The second kappa shape index (κ2) is 4.47. The van der Waals surface area contributed by atoms with Gasteiger partial charge in [0.05, 0.1) is 0 Å². The van der Waals surface area contributed by atoms with Crippen molar-refractivity contribution in [1.29, 1.82) is 0 Å². The Bertz CT molecular complexity index is 334. The van der Waals surface area contributed by atoms with Gasteiger partial charge in [-0.25, -0.2) is 0 Å². The fourth-order valence-electron chi connectivity index (χ4n) is 2.00. The predicted octanol–water partition coefficient (Wildman–Crippen LogP) is 2.45. The molecule has 1 heterocycles. The number of nitrogens with zero attached hydrogens (tertiary/aromatic N) is 1. The number of carbonyl (C=O) groups excluding carboxylic acids is 1. The van der Waals surface area contributed by atoms with Gasteiger partial charge in [0.1, 0.15) is 0 Å². The zero-order chi connectivity index (χ0) is 10.7. The Labute approximate surface area is 90.9 Å². The van der Waals surface area contributed by atoms with Crippen LogP contribution in [-0.4, -0.2) is 17.4 Å². The van der Waals surface area contributed by atoms with Gasteiger partial charge in [0.25, 0.3) is 0 Å². The summed E-state index contributed by atoms with van der Waals surface area (Å²) >= 11 is 0. The van der Waals surface area contributed by atoms with E-state index in [4.69, 9.17) is 0 Å². The zero-order valence-electron chi connectivity index (χ0n) is 9.15. The monoisotopic (exact) mass is 203 g/mol. The van der Waals surface area contributed by atoms with E-state index in [-0.39, 0.29) is 0 Å². The third-order valence-electron chi connectivity index (χ3n) is 2.98. The third kappa shape index (κ3) is 2.58. The standard InChI is InChI=1S/C13H17NO/c1-11-7-8-14(13(15)9-11)10-12-5-3-2-4-6-12/h2-6,11H,7-10H2,1H3/t11-/m0/s1. The average Bonchev–Trinajstić information content (AvgIpc) is 2.24. The largest absolute Gasteiger partial charge is 0.338 e. The highest BCUT2D eigenvalue weighted by molar-refractivity contribution is 5.77. The van der Waals surface area contributed by atoms with Crippen LogP contribution in [0.15, 0.2) is 30.3 Å². The molecule has 15 heavy (non-hydrogen) atoms. The van der Waals surface area contributed by atoms with Crippen LogP contribution in [0.5, 0.6) is 0 Å². The highest BCUT2D eigenvalue weighted by Gasteiger charge is 2.22. The van der Waals surface area contributed by atoms with Gasteiger partial charge in [-0.3, -0.25) is 4.79 Å². The Balaban J connectivity index is 1.98. The molecule has 2 rings (SSSR count). The summed E-state index contributed by atoms with van der Waals surface area (Å²) in [5.41, 5.74) is 1.22. The number of piperidine rings is 1. The van der Waals surface area contributed by atoms with Gasteiger partial charge in [0.2, 0.25) is 5.91 Å². The molecular formula is C13H17NO. The zero-order valence-corrected chi connectivity index (χ0v) is 9.15. The van der Waals surface area contributed by atoms with Crippen molar-refractivity contribution in [1.82, 2.24) is 4.90 Å². The molecule has 0 N–H and O–H groups in total. The summed E-state index contributed by atoms with van der Waals surface area (Å²) in [6.45, 7) is 3.83. The average molecular weight is 203 g/mol. The summed E-state index contributed by atoms with van der Waals surface area (Å²) in [5, 5.41) is 0. The lowest BCUT2D eigenvalue weighted by Crippen LogP contribution is -2.37. The van der Waals surface area contributed by atoms with Crippen LogP contribution in [0.25, 0.3) is 0 Å². The molecule has 1 aromatic rings. The smallest absolute Gasteiger partial charge is 0.223 e. The first-order valence-corrected chi connectivity index (χ1v) is 5.57. The van der Waals surface area contributed by atoms with Crippen LogP contribution < -0.4 is 0 Å². The summed E-state index contributed by atoms with van der Waals surface area (Å²) in [6, 6.07) is 10.2. The van der Waals surface area contributed by atoms with E-state index in [1.807, 2.05) is 23.1 Å². The van der Waals surface area contributed by atoms with E-state index in [1.54, 1.807) is 0 Å². The predicted molar refractivity (Wildman–Crippen MR) is 60.3 cm³/mol. The fraction of sp³-hybridized carbons (Fsp3) is 0.462. The van der Waals surface area contributed by atoms with Crippen molar-refractivity contribution in [3.05, 3.63) is 35.9 Å². The van der Waals surface area contributed by atoms with Crippen LogP contribution in [0.1, 0.15) is 25.3 Å². The third-order valence-corrected chi connectivity index (χ3v) is 2.98. The first-order chi connectivity index (χ1) is 7.25. The Hall–Kier alpha value is -1.31. The molecule has 2 heteroatoms. The summed E-state index contributed by atoms with van der Waals surface area (Å²) in [4.78, 5) is 13.7. The maximum absolute atomic E-state index is 11.7. The molecule has 1 aliphatic heterocycles. The molecule has 0 spiro atoms. The van der Waals surface area contributed by atoms with Gasteiger partial charge < -0.3 is 4.90 Å². The molecule has 1 aromatic carbocycles. The van der Waals surface area contributed by atoms with E-state index in [2.05, 4.69) is 19.1 Å². The van der Waals surface area contributed by atoms with Gasteiger partial charge in [-0.2, -0.15) is 0 Å². The van der Waals surface area contributed by atoms with Crippen molar-refractivity contribution in [2.24, 2.45) is 5.92 Å². The van der Waals surface area contributed by atoms with Crippen molar-refractivity contribution in [2.45, 2.75) is 26.3 Å². The number of hydrogen-bond acceptors (Lipinski definition) is 1. The van der Waals surface area contributed by atoms with Gasteiger partial charge in [0, 0.05) is 19.5 Å². The van der Waals surface area contributed by atoms with Crippen molar-refractivity contribution >= 4 is 5.91 Å². The number of hydrogen-bond donors (Lipinski definition) is 0. The molecule has 1 saturated heterocycles. The number of benzene rings is 1. The van der Waals surface area contributed by atoms with E-state index in [0.717, 1.165) is 19.5 Å². The quantitative estimate of drug-likeness (QED) is 0.723. The molecule has 0 aliphatic carbocycles. The number of likely N-dealkylation sites (tertiary alicyclic amines) is 1. The van der Waals surface area contributed by atoms with Crippen LogP contribution in [0.4, 0.5) is 0 Å². The minimum absolute atomic E-state index is 0.303.